The van der Waals surface area contributed by atoms with Crippen LogP contribution in [0.25, 0.3) is 0 Å². The smallest absolute Gasteiger partial charge is 0.214 e. The maximum Gasteiger partial charge on any atom is 0.308 e. The van der Waals surface area contributed by atoms with E-state index < -0.39 is 0 Å². The minimum atomic E-state index is 0.463. The summed E-state index contributed by atoms with van der Waals surface area (Å²) in [6.45, 7) is 0. The van der Waals surface area contributed by atoms with Crippen molar-refractivity contribution in [1.82, 2.24) is 4.57 Å². The summed E-state index contributed by atoms with van der Waals surface area (Å²) in [7, 11) is 3.57. The van der Waals surface area contributed by atoms with Gasteiger partial charge in [-0.25, -0.2) is 9.13 Å². The average molecular weight is 242 g/mol. The second-order valence-electron chi connectivity index (χ2n) is 2.33. The first kappa shape index (κ1) is 10.3. The molecule has 0 aliphatic rings. The summed E-state index contributed by atoms with van der Waals surface area (Å²) in [6, 6.07) is 0. The van der Waals surface area contributed by atoms with E-state index in [1.54, 1.807) is 23.2 Å². The number of rotatable bonds is 1. The molecular weight excluding hydrogens is 235 g/mol. The molecule has 66 valence electrons. The molecule has 0 aliphatic carbocycles. The fourth-order valence-corrected chi connectivity index (χ4v) is 1.96. The summed E-state index contributed by atoms with van der Waals surface area (Å²) < 4.78 is 3.85. The quantitative estimate of drug-likeness (QED) is 0.448. The second-order valence-corrected chi connectivity index (χ2v) is 4.20. The topological polar surface area (TPSA) is 8.81 Å². The molecule has 1 aromatic rings. The Morgan fingerprint density at radius 1 is 1.58 bits per heavy atom. The van der Waals surface area contributed by atoms with Crippen molar-refractivity contribution in [3.8, 4) is 0 Å². The number of imidazole rings is 1. The zero-order chi connectivity index (χ0) is 9.46. The van der Waals surface area contributed by atoms with Gasteiger partial charge in [-0.2, -0.15) is 0 Å². The van der Waals surface area contributed by atoms with Crippen LogP contribution in [0.15, 0.2) is 0 Å². The van der Waals surface area contributed by atoms with Gasteiger partial charge in [0.25, 0.3) is 10.3 Å². The lowest BCUT2D eigenvalue weighted by Crippen LogP contribution is -2.34. The molecule has 0 aromatic carbocycles. The number of thiocarbonyl (C=S) groups is 1. The molecule has 0 fully saturated rings. The Labute approximate surface area is 91.5 Å². The van der Waals surface area contributed by atoms with E-state index in [0.717, 1.165) is 5.82 Å². The van der Waals surface area contributed by atoms with Crippen molar-refractivity contribution in [1.29, 1.82) is 0 Å². The van der Waals surface area contributed by atoms with E-state index in [-0.39, 0.29) is 0 Å². The predicted octanol–water partition coefficient (Wildman–Crippen LogP) is 1.76. The first-order valence-electron chi connectivity index (χ1n) is 3.09. The molecule has 1 rings (SSSR count). The van der Waals surface area contributed by atoms with Gasteiger partial charge in [-0.3, -0.25) is 0 Å². The van der Waals surface area contributed by atoms with E-state index in [0.29, 0.717) is 14.5 Å². The van der Waals surface area contributed by atoms with Crippen LogP contribution in [0.4, 0.5) is 0 Å². The summed E-state index contributed by atoms with van der Waals surface area (Å²) in [6.07, 6.45) is 0. The summed E-state index contributed by atoms with van der Waals surface area (Å²) in [5.41, 5.74) is 0. The van der Waals surface area contributed by atoms with Crippen LogP contribution in [0.1, 0.15) is 5.82 Å². The Morgan fingerprint density at radius 2 is 2.08 bits per heavy atom. The first-order chi connectivity index (χ1) is 5.46. The maximum absolute atomic E-state index is 5.86. The molecule has 0 atom stereocenters. The average Bonchev–Trinajstić information content (AvgIpc) is 2.16. The SMILES string of the molecule is Cn1c(Cl)c(Cl)[n+](C)c1C(=S)S. The van der Waals surface area contributed by atoms with Gasteiger partial charge in [0.15, 0.2) is 4.20 Å². The highest BCUT2D eigenvalue weighted by Crippen LogP contribution is 2.20. The van der Waals surface area contributed by atoms with E-state index in [4.69, 9.17) is 35.4 Å². The van der Waals surface area contributed by atoms with Crippen LogP contribution in [0, 0.1) is 0 Å². The van der Waals surface area contributed by atoms with E-state index in [9.17, 15) is 0 Å². The Kier molecular flexibility index (Phi) is 3.04. The third-order valence-electron chi connectivity index (χ3n) is 1.59. The highest BCUT2D eigenvalue weighted by molar-refractivity contribution is 8.11. The van der Waals surface area contributed by atoms with Crippen LogP contribution in [-0.4, -0.2) is 8.76 Å². The molecule has 1 heterocycles. The van der Waals surface area contributed by atoms with Crippen LogP contribution in [0.3, 0.4) is 0 Å². The zero-order valence-corrected chi connectivity index (χ0v) is 9.73. The minimum absolute atomic E-state index is 0.463. The number of thiol groups is 1. The highest BCUT2D eigenvalue weighted by atomic mass is 35.5. The third-order valence-corrected chi connectivity index (χ3v) is 2.93. The molecule has 0 saturated carbocycles. The molecule has 0 aliphatic heterocycles. The normalized spacial score (nSPS) is 10.4. The van der Waals surface area contributed by atoms with Gasteiger partial charge in [-0.15, -0.1) is 12.6 Å². The van der Waals surface area contributed by atoms with Crippen LogP contribution < -0.4 is 4.57 Å². The standard InChI is InChI=1S/C6H6Cl2N2S2/c1-9-3(7)4(8)10(2)5(9)6(11)12/h1-2H3/p+1. The van der Waals surface area contributed by atoms with Gasteiger partial charge >= 0.3 is 5.82 Å². The van der Waals surface area contributed by atoms with E-state index in [1.807, 2.05) is 0 Å². The number of nitrogens with zero attached hydrogens (tertiary/aromatic N) is 2. The predicted molar refractivity (Wildman–Crippen MR) is 57.3 cm³/mol. The molecule has 0 bridgehead atoms. The molecule has 2 nitrogen and oxygen atoms in total. The number of hydrogen-bond donors (Lipinski definition) is 1. The monoisotopic (exact) mass is 241 g/mol. The van der Waals surface area contributed by atoms with Gasteiger partial charge in [-0.05, 0) is 23.2 Å². The third kappa shape index (κ3) is 1.48. The first-order valence-corrected chi connectivity index (χ1v) is 4.71. The molecule has 0 N–H and O–H groups in total. The number of aromatic nitrogens is 2. The molecule has 1 aromatic heterocycles. The Morgan fingerprint density at radius 3 is 2.25 bits per heavy atom. The van der Waals surface area contributed by atoms with Gasteiger partial charge < -0.3 is 0 Å². The molecule has 0 spiro atoms. The van der Waals surface area contributed by atoms with Gasteiger partial charge in [0, 0.05) is 0 Å². The summed E-state index contributed by atoms with van der Waals surface area (Å²) in [4.78, 5) is 0. The molecule has 0 amide bonds. The molecule has 6 heteroatoms. The van der Waals surface area contributed by atoms with Crippen molar-refractivity contribution in [2.75, 3.05) is 0 Å². The van der Waals surface area contributed by atoms with Crippen molar-refractivity contribution in [2.24, 2.45) is 14.1 Å². The number of hydrogen-bond acceptors (Lipinski definition) is 1. The van der Waals surface area contributed by atoms with E-state index in [1.165, 1.54) is 0 Å². The van der Waals surface area contributed by atoms with Crippen LogP contribution in [-0.2, 0) is 14.1 Å². The summed E-state index contributed by atoms with van der Waals surface area (Å²) >= 11 is 20.7. The molecule has 0 saturated heterocycles. The molecular formula is C6H7Cl2N2S2+. The van der Waals surface area contributed by atoms with Crippen LogP contribution in [0.5, 0.6) is 0 Å². The van der Waals surface area contributed by atoms with Gasteiger partial charge in [0.2, 0.25) is 0 Å². The van der Waals surface area contributed by atoms with Crippen molar-refractivity contribution in [3.05, 3.63) is 16.1 Å². The van der Waals surface area contributed by atoms with Crippen molar-refractivity contribution < 1.29 is 4.57 Å². The van der Waals surface area contributed by atoms with Gasteiger partial charge in [-0.1, -0.05) is 12.2 Å². The lowest BCUT2D eigenvalue weighted by Gasteiger charge is -1.92. The Hall–Kier alpha value is 0.230. The minimum Gasteiger partial charge on any atom is -0.214 e. The van der Waals surface area contributed by atoms with Crippen molar-refractivity contribution in [2.45, 2.75) is 0 Å². The van der Waals surface area contributed by atoms with Crippen molar-refractivity contribution in [3.63, 3.8) is 0 Å². The number of halogens is 2. The lowest BCUT2D eigenvalue weighted by molar-refractivity contribution is -0.669. The molecule has 0 unspecified atom stereocenters. The van der Waals surface area contributed by atoms with Gasteiger partial charge in [0.1, 0.15) is 0 Å². The molecule has 0 radical (unpaired) electrons. The van der Waals surface area contributed by atoms with E-state index in [2.05, 4.69) is 12.6 Å². The molecule has 12 heavy (non-hydrogen) atoms. The summed E-state index contributed by atoms with van der Waals surface area (Å²) in [5.74, 6) is 0.725. The van der Waals surface area contributed by atoms with Crippen molar-refractivity contribution >= 4 is 52.2 Å². The maximum atomic E-state index is 5.86. The Bertz CT molecular complexity index is 320. The lowest BCUT2D eigenvalue weighted by atomic mass is 10.7. The van der Waals surface area contributed by atoms with E-state index >= 15 is 0 Å². The van der Waals surface area contributed by atoms with Gasteiger partial charge in [0.05, 0.1) is 14.1 Å². The zero-order valence-electron chi connectivity index (χ0n) is 6.51. The fraction of sp³-hybridized carbons (Fsp3) is 0.333. The van der Waals surface area contributed by atoms with Crippen LogP contribution >= 0.6 is 48.0 Å². The fourth-order valence-electron chi connectivity index (χ4n) is 0.975. The second kappa shape index (κ2) is 3.54. The van der Waals surface area contributed by atoms with Crippen LogP contribution in [0.2, 0.25) is 10.3 Å². The highest BCUT2D eigenvalue weighted by Gasteiger charge is 2.25. The largest absolute Gasteiger partial charge is 0.308 e. The Balaban J connectivity index is 3.48. The summed E-state index contributed by atoms with van der Waals surface area (Å²) in [5, 5.41) is 0.927.